The molecule has 0 saturated carbocycles. The van der Waals surface area contributed by atoms with E-state index in [0.29, 0.717) is 50.6 Å². The number of aromatic nitrogens is 1. The van der Waals surface area contributed by atoms with E-state index in [4.69, 9.17) is 11.6 Å². The number of H-pyrrole nitrogens is 1. The molecular formula is C25H25ClN4O3. The van der Waals surface area contributed by atoms with Crippen molar-refractivity contribution >= 4 is 45.9 Å². The van der Waals surface area contributed by atoms with Crippen molar-refractivity contribution in [1.82, 2.24) is 14.8 Å². The highest BCUT2D eigenvalue weighted by atomic mass is 35.5. The summed E-state index contributed by atoms with van der Waals surface area (Å²) >= 11 is 5.94. The van der Waals surface area contributed by atoms with Crippen LogP contribution in [0.4, 0.5) is 5.69 Å². The van der Waals surface area contributed by atoms with Crippen LogP contribution in [0, 0.1) is 5.92 Å². The molecule has 2 saturated heterocycles. The second-order valence-electron chi connectivity index (χ2n) is 8.55. The molecule has 170 valence electrons. The lowest BCUT2D eigenvalue weighted by Crippen LogP contribution is -2.53. The largest absolute Gasteiger partial charge is 0.361 e. The molecule has 1 aromatic heterocycles. The van der Waals surface area contributed by atoms with Gasteiger partial charge in [0.15, 0.2) is 0 Å². The van der Waals surface area contributed by atoms with Crippen LogP contribution < -0.4 is 4.90 Å². The highest BCUT2D eigenvalue weighted by Gasteiger charge is 2.40. The van der Waals surface area contributed by atoms with Crippen LogP contribution in [0.1, 0.15) is 12.0 Å². The van der Waals surface area contributed by atoms with Gasteiger partial charge in [-0.2, -0.15) is 0 Å². The van der Waals surface area contributed by atoms with Crippen LogP contribution in [0.3, 0.4) is 0 Å². The Hall–Kier alpha value is -3.32. The lowest BCUT2D eigenvalue weighted by atomic mass is 10.1. The minimum Gasteiger partial charge on any atom is -0.361 e. The summed E-state index contributed by atoms with van der Waals surface area (Å²) < 4.78 is 0. The molecule has 0 radical (unpaired) electrons. The van der Waals surface area contributed by atoms with Crippen LogP contribution in [0.15, 0.2) is 54.7 Å². The fourth-order valence-electron chi connectivity index (χ4n) is 4.74. The maximum absolute atomic E-state index is 13.1. The van der Waals surface area contributed by atoms with Crippen molar-refractivity contribution in [3.05, 3.63) is 65.3 Å². The van der Waals surface area contributed by atoms with Crippen LogP contribution >= 0.6 is 11.6 Å². The summed E-state index contributed by atoms with van der Waals surface area (Å²) in [6, 6.07) is 15.0. The number of hydrogen-bond acceptors (Lipinski definition) is 3. The number of fused-ring (bicyclic) bond motifs is 1. The van der Waals surface area contributed by atoms with E-state index in [-0.39, 0.29) is 17.7 Å². The zero-order chi connectivity index (χ0) is 22.9. The number of aromatic amines is 1. The van der Waals surface area contributed by atoms with Crippen molar-refractivity contribution in [2.75, 3.05) is 37.6 Å². The lowest BCUT2D eigenvalue weighted by Gasteiger charge is -2.35. The standard InChI is InChI=1S/C25H25ClN4O3/c26-18-5-7-19(8-6-18)30-10-9-21(25(30)33)24(32)29-13-11-28(12-14-29)23(31)15-17-16-27-22-4-2-1-3-20(17)22/h1-8,16,21,27H,9-15H2. The van der Waals surface area contributed by atoms with E-state index in [1.165, 1.54) is 0 Å². The van der Waals surface area contributed by atoms with Crippen molar-refractivity contribution in [3.63, 3.8) is 0 Å². The molecule has 33 heavy (non-hydrogen) atoms. The first kappa shape index (κ1) is 21.5. The summed E-state index contributed by atoms with van der Waals surface area (Å²) in [7, 11) is 0. The number of carbonyl (C=O) groups is 3. The molecule has 7 nitrogen and oxygen atoms in total. The van der Waals surface area contributed by atoms with Crippen LogP contribution in [0.25, 0.3) is 10.9 Å². The highest BCUT2D eigenvalue weighted by Crippen LogP contribution is 2.28. The zero-order valence-corrected chi connectivity index (χ0v) is 18.9. The van der Waals surface area contributed by atoms with E-state index in [1.54, 1.807) is 34.1 Å². The molecule has 5 rings (SSSR count). The number of hydrogen-bond donors (Lipinski definition) is 1. The molecule has 2 fully saturated rings. The molecule has 1 atom stereocenters. The molecule has 1 N–H and O–H groups in total. The smallest absolute Gasteiger partial charge is 0.239 e. The number of para-hydroxylation sites is 1. The molecular weight excluding hydrogens is 440 g/mol. The first-order valence-corrected chi connectivity index (χ1v) is 11.6. The Kier molecular flexibility index (Phi) is 5.81. The quantitative estimate of drug-likeness (QED) is 0.603. The molecule has 2 aliphatic heterocycles. The number of rotatable bonds is 4. The number of carbonyl (C=O) groups excluding carboxylic acids is 3. The summed E-state index contributed by atoms with van der Waals surface area (Å²) in [5, 5.41) is 1.67. The van der Waals surface area contributed by atoms with Crippen LogP contribution in [-0.2, 0) is 20.8 Å². The van der Waals surface area contributed by atoms with Crippen molar-refractivity contribution in [2.45, 2.75) is 12.8 Å². The number of nitrogens with zero attached hydrogens (tertiary/aromatic N) is 3. The maximum Gasteiger partial charge on any atom is 0.239 e. The van der Waals surface area contributed by atoms with Gasteiger partial charge >= 0.3 is 0 Å². The van der Waals surface area contributed by atoms with Gasteiger partial charge in [0.1, 0.15) is 5.92 Å². The van der Waals surface area contributed by atoms with Crippen LogP contribution in [0.5, 0.6) is 0 Å². The number of benzene rings is 2. The van der Waals surface area contributed by atoms with E-state index < -0.39 is 5.92 Å². The topological polar surface area (TPSA) is 76.7 Å². The summed E-state index contributed by atoms with van der Waals surface area (Å²) in [6.07, 6.45) is 2.72. The zero-order valence-electron chi connectivity index (χ0n) is 18.2. The van der Waals surface area contributed by atoms with Crippen molar-refractivity contribution in [1.29, 1.82) is 0 Å². The van der Waals surface area contributed by atoms with Gasteiger partial charge in [-0.3, -0.25) is 14.4 Å². The molecule has 3 amide bonds. The second-order valence-corrected chi connectivity index (χ2v) is 8.99. The Bertz CT molecular complexity index is 1200. The predicted octanol–water partition coefficient (Wildman–Crippen LogP) is 3.09. The number of anilines is 1. The molecule has 8 heteroatoms. The van der Waals surface area contributed by atoms with E-state index in [2.05, 4.69) is 4.98 Å². The van der Waals surface area contributed by atoms with Gasteiger partial charge < -0.3 is 19.7 Å². The highest BCUT2D eigenvalue weighted by molar-refractivity contribution is 6.30. The van der Waals surface area contributed by atoms with Gasteiger partial charge in [0.05, 0.1) is 6.42 Å². The molecule has 2 aromatic carbocycles. The van der Waals surface area contributed by atoms with Gasteiger partial charge in [0.25, 0.3) is 0 Å². The number of piperazine rings is 1. The molecule has 1 unspecified atom stereocenters. The van der Waals surface area contributed by atoms with Crippen LogP contribution in [-0.4, -0.2) is 65.2 Å². The van der Waals surface area contributed by atoms with E-state index in [1.807, 2.05) is 35.4 Å². The molecule has 0 bridgehead atoms. The average molecular weight is 465 g/mol. The Balaban J connectivity index is 1.17. The molecule has 3 aromatic rings. The van der Waals surface area contributed by atoms with E-state index in [9.17, 15) is 14.4 Å². The summed E-state index contributed by atoms with van der Waals surface area (Å²) in [6.45, 7) is 2.37. The lowest BCUT2D eigenvalue weighted by molar-refractivity contribution is -0.144. The Labute approximate surface area is 196 Å². The fraction of sp³-hybridized carbons (Fsp3) is 0.320. The number of nitrogens with one attached hydrogen (secondary N) is 1. The average Bonchev–Trinajstić information content (AvgIpc) is 3.43. The third-order valence-corrected chi connectivity index (χ3v) is 6.85. The van der Waals surface area contributed by atoms with Crippen molar-refractivity contribution in [3.8, 4) is 0 Å². The van der Waals surface area contributed by atoms with Gasteiger partial charge in [-0.1, -0.05) is 29.8 Å². The van der Waals surface area contributed by atoms with Crippen molar-refractivity contribution in [2.24, 2.45) is 5.92 Å². The number of halogens is 1. The first-order valence-electron chi connectivity index (χ1n) is 11.2. The Morgan fingerprint density at radius 3 is 2.39 bits per heavy atom. The molecule has 0 spiro atoms. The monoisotopic (exact) mass is 464 g/mol. The van der Waals surface area contributed by atoms with Gasteiger partial charge in [-0.25, -0.2) is 0 Å². The third-order valence-electron chi connectivity index (χ3n) is 6.60. The summed E-state index contributed by atoms with van der Waals surface area (Å²) in [5.74, 6) is -0.910. The minimum atomic E-state index is -0.658. The van der Waals surface area contributed by atoms with E-state index >= 15 is 0 Å². The summed E-state index contributed by atoms with van der Waals surface area (Å²) in [5.41, 5.74) is 2.75. The second kappa shape index (κ2) is 8.90. The predicted molar refractivity (Wildman–Crippen MR) is 127 cm³/mol. The molecule has 2 aliphatic rings. The third kappa shape index (κ3) is 4.20. The maximum atomic E-state index is 13.1. The number of amides is 3. The SMILES string of the molecule is O=C(Cc1c[nH]c2ccccc12)N1CCN(C(=O)C2CCN(c3ccc(Cl)cc3)C2=O)CC1. The minimum absolute atomic E-state index is 0.0534. The van der Waals surface area contributed by atoms with E-state index in [0.717, 1.165) is 22.2 Å². The normalized spacial score (nSPS) is 18.9. The van der Waals surface area contributed by atoms with Gasteiger partial charge in [0.2, 0.25) is 17.7 Å². The molecule has 3 heterocycles. The van der Waals surface area contributed by atoms with Crippen molar-refractivity contribution < 1.29 is 14.4 Å². The molecule has 0 aliphatic carbocycles. The summed E-state index contributed by atoms with van der Waals surface area (Å²) in [4.78, 5) is 47.2. The van der Waals surface area contributed by atoms with Gasteiger partial charge in [-0.05, 0) is 42.3 Å². The Morgan fingerprint density at radius 1 is 0.939 bits per heavy atom. The van der Waals surface area contributed by atoms with Gasteiger partial charge in [0, 0.05) is 60.5 Å². The Morgan fingerprint density at radius 2 is 1.64 bits per heavy atom. The first-order chi connectivity index (χ1) is 16.0. The van der Waals surface area contributed by atoms with Crippen LogP contribution in [0.2, 0.25) is 5.02 Å². The van der Waals surface area contributed by atoms with Gasteiger partial charge in [-0.15, -0.1) is 0 Å². The fourth-order valence-corrected chi connectivity index (χ4v) is 4.86.